The molecular formula is C14H15N3O2S. The normalized spacial score (nSPS) is 10.3. The maximum absolute atomic E-state index is 11.8. The van der Waals surface area contributed by atoms with Gasteiger partial charge in [-0.25, -0.2) is 14.8 Å². The molecule has 0 aliphatic rings. The van der Waals surface area contributed by atoms with Gasteiger partial charge in [0.05, 0.1) is 12.2 Å². The molecule has 0 aliphatic carbocycles. The lowest BCUT2D eigenvalue weighted by molar-refractivity contribution is 0.0527. The second-order valence-corrected chi connectivity index (χ2v) is 5.09. The highest BCUT2D eigenvalue weighted by atomic mass is 32.2. The number of aryl methyl sites for hydroxylation is 1. The third kappa shape index (κ3) is 3.48. The van der Waals surface area contributed by atoms with E-state index in [9.17, 15) is 4.79 Å². The van der Waals surface area contributed by atoms with Gasteiger partial charge in [0, 0.05) is 22.5 Å². The van der Waals surface area contributed by atoms with Crippen molar-refractivity contribution < 1.29 is 9.53 Å². The number of anilines is 1. The molecule has 104 valence electrons. The summed E-state index contributed by atoms with van der Waals surface area (Å²) in [4.78, 5) is 21.1. The average Bonchev–Trinajstić information content (AvgIpc) is 2.41. The predicted octanol–water partition coefficient (Wildman–Crippen LogP) is 2.70. The Hall–Kier alpha value is -2.08. The summed E-state index contributed by atoms with van der Waals surface area (Å²) in [7, 11) is 0. The fourth-order valence-corrected chi connectivity index (χ4v) is 2.39. The number of nitrogens with two attached hydrogens (primary N) is 1. The molecule has 0 saturated carbocycles. The quantitative estimate of drug-likeness (QED) is 0.529. The van der Waals surface area contributed by atoms with Crippen LogP contribution < -0.4 is 5.73 Å². The van der Waals surface area contributed by atoms with Gasteiger partial charge in [-0.3, -0.25) is 0 Å². The van der Waals surface area contributed by atoms with Crippen molar-refractivity contribution in [1.29, 1.82) is 0 Å². The van der Waals surface area contributed by atoms with Gasteiger partial charge in [-0.2, -0.15) is 0 Å². The van der Waals surface area contributed by atoms with Gasteiger partial charge in [-0.1, -0.05) is 0 Å². The van der Waals surface area contributed by atoms with Crippen molar-refractivity contribution in [2.45, 2.75) is 23.9 Å². The second-order valence-electron chi connectivity index (χ2n) is 4.05. The molecule has 5 nitrogen and oxygen atoms in total. The number of hydrogen-bond acceptors (Lipinski definition) is 6. The lowest BCUT2D eigenvalue weighted by Gasteiger charge is -2.07. The summed E-state index contributed by atoms with van der Waals surface area (Å²) >= 11 is 1.37. The molecule has 20 heavy (non-hydrogen) atoms. The molecule has 1 aromatic heterocycles. The number of aromatic nitrogens is 2. The number of hydrogen-bond donors (Lipinski definition) is 1. The van der Waals surface area contributed by atoms with E-state index in [0.717, 1.165) is 10.6 Å². The lowest BCUT2D eigenvalue weighted by atomic mass is 10.2. The average molecular weight is 289 g/mol. The molecule has 1 aromatic carbocycles. The first kappa shape index (κ1) is 14.3. The van der Waals surface area contributed by atoms with Gasteiger partial charge in [0.25, 0.3) is 0 Å². The van der Waals surface area contributed by atoms with Crippen molar-refractivity contribution >= 4 is 23.4 Å². The second kappa shape index (κ2) is 6.38. The summed E-state index contributed by atoms with van der Waals surface area (Å²) in [5.41, 5.74) is 7.46. The molecule has 0 spiro atoms. The van der Waals surface area contributed by atoms with Crippen LogP contribution in [0.1, 0.15) is 23.0 Å². The molecule has 0 unspecified atom stereocenters. The van der Waals surface area contributed by atoms with E-state index in [1.807, 2.05) is 19.1 Å². The van der Waals surface area contributed by atoms with E-state index < -0.39 is 5.97 Å². The van der Waals surface area contributed by atoms with Crippen molar-refractivity contribution in [3.05, 3.63) is 41.7 Å². The Balaban J connectivity index is 2.25. The lowest BCUT2D eigenvalue weighted by Crippen LogP contribution is -2.08. The number of rotatable bonds is 4. The molecule has 0 fully saturated rings. The van der Waals surface area contributed by atoms with E-state index in [-0.39, 0.29) is 0 Å². The zero-order valence-corrected chi connectivity index (χ0v) is 12.1. The van der Waals surface area contributed by atoms with Crippen LogP contribution in [0, 0.1) is 6.92 Å². The minimum Gasteiger partial charge on any atom is -0.462 e. The smallest absolute Gasteiger partial charge is 0.340 e. The van der Waals surface area contributed by atoms with Gasteiger partial charge in [-0.15, -0.1) is 0 Å². The van der Waals surface area contributed by atoms with Crippen LogP contribution in [0.15, 0.2) is 40.5 Å². The molecule has 2 aromatic rings. The Kier molecular flexibility index (Phi) is 4.57. The van der Waals surface area contributed by atoms with Crippen LogP contribution in [-0.2, 0) is 4.74 Å². The predicted molar refractivity (Wildman–Crippen MR) is 77.7 cm³/mol. The minimum absolute atomic E-state index is 0.316. The van der Waals surface area contributed by atoms with Crippen LogP contribution in [0.4, 0.5) is 5.69 Å². The molecule has 0 atom stereocenters. The van der Waals surface area contributed by atoms with E-state index in [1.54, 1.807) is 25.3 Å². The van der Waals surface area contributed by atoms with E-state index >= 15 is 0 Å². The largest absolute Gasteiger partial charge is 0.462 e. The minimum atomic E-state index is -0.419. The summed E-state index contributed by atoms with van der Waals surface area (Å²) < 4.78 is 4.97. The van der Waals surface area contributed by atoms with Crippen LogP contribution in [-0.4, -0.2) is 22.5 Å². The summed E-state index contributed by atoms with van der Waals surface area (Å²) in [5, 5.41) is 0.629. The van der Waals surface area contributed by atoms with Crippen molar-refractivity contribution in [3.63, 3.8) is 0 Å². The topological polar surface area (TPSA) is 78.1 Å². The molecular weight excluding hydrogens is 274 g/mol. The van der Waals surface area contributed by atoms with Crippen LogP contribution in [0.2, 0.25) is 0 Å². The molecule has 0 bridgehead atoms. The Morgan fingerprint density at radius 2 is 2.20 bits per heavy atom. The van der Waals surface area contributed by atoms with E-state index in [2.05, 4.69) is 9.97 Å². The summed E-state index contributed by atoms with van der Waals surface area (Å²) in [6, 6.07) is 7.04. The van der Waals surface area contributed by atoms with Crippen LogP contribution in [0.5, 0.6) is 0 Å². The van der Waals surface area contributed by atoms with Gasteiger partial charge in [-0.05, 0) is 49.9 Å². The maximum atomic E-state index is 11.8. The Bertz CT molecular complexity index is 632. The van der Waals surface area contributed by atoms with Gasteiger partial charge in [0.15, 0.2) is 5.16 Å². The fraction of sp³-hybridized carbons (Fsp3) is 0.214. The summed E-state index contributed by atoms with van der Waals surface area (Å²) in [6.45, 7) is 3.97. The summed E-state index contributed by atoms with van der Waals surface area (Å²) in [5.74, 6) is -0.419. The number of nitrogen functional groups attached to an aromatic ring is 1. The van der Waals surface area contributed by atoms with E-state index in [4.69, 9.17) is 10.5 Å². The van der Waals surface area contributed by atoms with Gasteiger partial charge in [0.1, 0.15) is 0 Å². The molecule has 2 rings (SSSR count). The molecule has 2 N–H and O–H groups in total. The SMILES string of the molecule is CCOC(=O)c1cc(Sc2nccc(C)n2)ccc1N. The van der Waals surface area contributed by atoms with Crippen LogP contribution >= 0.6 is 11.8 Å². The maximum Gasteiger partial charge on any atom is 0.340 e. The molecule has 0 radical (unpaired) electrons. The molecule has 0 amide bonds. The van der Waals surface area contributed by atoms with Crippen molar-refractivity contribution in [2.24, 2.45) is 0 Å². The van der Waals surface area contributed by atoms with Crippen LogP contribution in [0.25, 0.3) is 0 Å². The van der Waals surface area contributed by atoms with Crippen LogP contribution in [0.3, 0.4) is 0 Å². The highest BCUT2D eigenvalue weighted by molar-refractivity contribution is 7.99. The first-order valence-corrected chi connectivity index (χ1v) is 6.96. The highest BCUT2D eigenvalue weighted by Gasteiger charge is 2.12. The third-order valence-corrected chi connectivity index (χ3v) is 3.37. The summed E-state index contributed by atoms with van der Waals surface area (Å²) in [6.07, 6.45) is 1.70. The van der Waals surface area contributed by atoms with E-state index in [0.29, 0.717) is 23.0 Å². The van der Waals surface area contributed by atoms with Crippen molar-refractivity contribution in [1.82, 2.24) is 9.97 Å². The number of carbonyl (C=O) groups is 1. The first-order chi connectivity index (χ1) is 9.60. The molecule has 0 aliphatic heterocycles. The van der Waals surface area contributed by atoms with Crippen molar-refractivity contribution in [2.75, 3.05) is 12.3 Å². The van der Waals surface area contributed by atoms with E-state index in [1.165, 1.54) is 11.8 Å². The third-order valence-electron chi connectivity index (χ3n) is 2.50. The number of nitrogens with zero attached hydrogens (tertiary/aromatic N) is 2. The molecule has 0 saturated heterocycles. The zero-order valence-electron chi connectivity index (χ0n) is 11.3. The Morgan fingerprint density at radius 1 is 1.40 bits per heavy atom. The van der Waals surface area contributed by atoms with Gasteiger partial charge < -0.3 is 10.5 Å². The standard InChI is InChI=1S/C14H15N3O2S/c1-3-19-13(18)11-8-10(4-5-12(11)15)20-14-16-7-6-9(2)17-14/h4-8H,3,15H2,1-2H3. The number of ether oxygens (including phenoxy) is 1. The number of carbonyl (C=O) groups excluding carboxylic acids is 1. The number of esters is 1. The molecule has 6 heteroatoms. The first-order valence-electron chi connectivity index (χ1n) is 6.14. The Morgan fingerprint density at radius 3 is 2.90 bits per heavy atom. The highest BCUT2D eigenvalue weighted by Crippen LogP contribution is 2.27. The zero-order chi connectivity index (χ0) is 14.5. The van der Waals surface area contributed by atoms with Gasteiger partial charge in [0.2, 0.25) is 0 Å². The van der Waals surface area contributed by atoms with Gasteiger partial charge >= 0.3 is 5.97 Å². The monoisotopic (exact) mass is 289 g/mol. The fourth-order valence-electron chi connectivity index (χ4n) is 1.56. The molecule has 1 heterocycles. The Labute approximate surface area is 121 Å². The van der Waals surface area contributed by atoms with Crippen molar-refractivity contribution in [3.8, 4) is 0 Å². The number of benzene rings is 1.